The largest absolute Gasteiger partial charge is 0.379 e. The summed E-state index contributed by atoms with van der Waals surface area (Å²) in [5.74, 6) is 0.490. The van der Waals surface area contributed by atoms with Crippen LogP contribution in [0.2, 0.25) is 0 Å². The van der Waals surface area contributed by atoms with E-state index in [1.54, 1.807) is 24.3 Å². The van der Waals surface area contributed by atoms with Gasteiger partial charge in [0.2, 0.25) is 0 Å². The molecule has 0 aliphatic heterocycles. The second-order valence-electron chi connectivity index (χ2n) is 12.9. The normalized spacial score (nSPS) is 21.2. The molecular weight excluding hydrogens is 569 g/mol. The number of hydrogen-bond donors (Lipinski definition) is 1. The summed E-state index contributed by atoms with van der Waals surface area (Å²) in [6.07, 6.45) is 21.0. The van der Waals surface area contributed by atoms with E-state index in [1.807, 2.05) is 12.1 Å². The summed E-state index contributed by atoms with van der Waals surface area (Å²) in [7, 11) is -8.62. The summed E-state index contributed by atoms with van der Waals surface area (Å²) in [5.41, 5.74) is 2.19. The average Bonchev–Trinajstić information content (AvgIpc) is 3.68. The maximum Gasteiger partial charge on any atom is 0.339 e. The van der Waals surface area contributed by atoms with Crippen LogP contribution < -0.4 is 4.18 Å². The third kappa shape index (κ3) is 7.97. The molecule has 0 aromatic heterocycles. The van der Waals surface area contributed by atoms with Crippen molar-refractivity contribution < 1.29 is 25.6 Å². The number of benzene rings is 2. The highest BCUT2D eigenvalue weighted by Crippen LogP contribution is 2.45. The summed E-state index contributed by atoms with van der Waals surface area (Å²) in [6, 6.07) is 10.3. The van der Waals surface area contributed by atoms with Gasteiger partial charge in [-0.1, -0.05) is 95.6 Å². The second kappa shape index (κ2) is 14.3. The van der Waals surface area contributed by atoms with Crippen molar-refractivity contribution in [3.8, 4) is 5.75 Å². The van der Waals surface area contributed by atoms with Crippen molar-refractivity contribution >= 4 is 20.2 Å². The van der Waals surface area contributed by atoms with E-state index >= 15 is 0 Å². The van der Waals surface area contributed by atoms with Gasteiger partial charge in [-0.15, -0.1) is 0 Å². The highest BCUT2D eigenvalue weighted by molar-refractivity contribution is 7.87. The van der Waals surface area contributed by atoms with E-state index in [9.17, 15) is 21.4 Å². The lowest BCUT2D eigenvalue weighted by atomic mass is 9.87. The fourth-order valence-electron chi connectivity index (χ4n) is 7.65. The fourth-order valence-corrected chi connectivity index (χ4v) is 9.61. The van der Waals surface area contributed by atoms with E-state index in [0.29, 0.717) is 17.0 Å². The van der Waals surface area contributed by atoms with Gasteiger partial charge in [0, 0.05) is 0 Å². The molecule has 8 heteroatoms. The molecule has 1 N–H and O–H groups in total. The molecule has 3 aliphatic rings. The molecule has 0 unspecified atom stereocenters. The van der Waals surface area contributed by atoms with Crippen molar-refractivity contribution in [2.45, 2.75) is 150 Å². The first-order valence-corrected chi connectivity index (χ1v) is 19.3. The van der Waals surface area contributed by atoms with Gasteiger partial charge in [0.05, 0.1) is 0 Å². The summed E-state index contributed by atoms with van der Waals surface area (Å²) in [6.45, 7) is 0. The SMILES string of the molecule is O=S(=O)(O)c1c(C2CCCC2)cc(OS(=O)(=O)c2ccc(C3CCCCCCCCCCC3)cc2)cc1C1CCCC1. The first kappa shape index (κ1) is 31.5. The molecule has 3 saturated carbocycles. The van der Waals surface area contributed by atoms with Crippen molar-refractivity contribution in [3.63, 3.8) is 0 Å². The van der Waals surface area contributed by atoms with Crippen molar-refractivity contribution in [2.24, 2.45) is 0 Å². The Morgan fingerprint density at radius 2 is 0.929 bits per heavy atom. The van der Waals surface area contributed by atoms with E-state index in [1.165, 1.54) is 63.4 Å². The zero-order chi connectivity index (χ0) is 29.6. The second-order valence-corrected chi connectivity index (χ2v) is 15.8. The van der Waals surface area contributed by atoms with Crippen LogP contribution in [-0.2, 0) is 20.2 Å². The molecule has 3 aliphatic carbocycles. The minimum atomic E-state index is -4.49. The summed E-state index contributed by atoms with van der Waals surface area (Å²) < 4.78 is 68.4. The third-order valence-corrected chi connectivity index (χ3v) is 12.2. The van der Waals surface area contributed by atoms with Gasteiger partial charge in [-0.25, -0.2) is 0 Å². The molecule has 3 fully saturated rings. The van der Waals surface area contributed by atoms with Crippen molar-refractivity contribution in [1.82, 2.24) is 0 Å². The molecule has 0 amide bonds. The predicted octanol–water partition coefficient (Wildman–Crippen LogP) is 9.40. The Morgan fingerprint density at radius 3 is 1.36 bits per heavy atom. The van der Waals surface area contributed by atoms with E-state index in [2.05, 4.69) is 0 Å². The van der Waals surface area contributed by atoms with Crippen molar-refractivity contribution in [1.29, 1.82) is 0 Å². The van der Waals surface area contributed by atoms with E-state index in [-0.39, 0.29) is 27.4 Å². The van der Waals surface area contributed by atoms with Gasteiger partial charge < -0.3 is 4.18 Å². The third-order valence-electron chi connectivity index (χ3n) is 9.92. The fraction of sp³-hybridized carbons (Fsp3) is 0.647. The van der Waals surface area contributed by atoms with Crippen LogP contribution in [0.5, 0.6) is 5.75 Å². The molecule has 0 bridgehead atoms. The smallest absolute Gasteiger partial charge is 0.339 e. The Balaban J connectivity index is 1.40. The topological polar surface area (TPSA) is 97.7 Å². The number of rotatable bonds is 7. The van der Waals surface area contributed by atoms with E-state index in [0.717, 1.165) is 64.2 Å². The highest BCUT2D eigenvalue weighted by atomic mass is 32.2. The molecular formula is C34H48O6S2. The first-order chi connectivity index (χ1) is 20.2. The van der Waals surface area contributed by atoms with Gasteiger partial charge in [0.15, 0.2) is 0 Å². The van der Waals surface area contributed by atoms with E-state index in [4.69, 9.17) is 4.18 Å². The van der Waals surface area contributed by atoms with Crippen molar-refractivity contribution in [3.05, 3.63) is 53.1 Å². The standard InChI is InChI=1S/C34H48O6S2/c35-41(36,37)34-32(28-16-10-11-17-28)24-30(25-33(34)29-18-12-13-19-29)40-42(38,39)31-22-20-27(21-23-31)26-14-8-6-4-2-1-3-5-7-9-15-26/h20-26,28-29H,1-19H2,(H,35,36,37). The van der Waals surface area contributed by atoms with Crippen LogP contribution in [0, 0.1) is 0 Å². The molecule has 0 spiro atoms. The predicted molar refractivity (Wildman–Crippen MR) is 166 cm³/mol. The van der Waals surface area contributed by atoms with Crippen LogP contribution in [0.4, 0.5) is 0 Å². The first-order valence-electron chi connectivity index (χ1n) is 16.4. The number of hydrogen-bond acceptors (Lipinski definition) is 5. The molecule has 2 aromatic rings. The summed E-state index contributed by atoms with van der Waals surface area (Å²) in [4.78, 5) is 0.0792. The monoisotopic (exact) mass is 616 g/mol. The van der Waals surface area contributed by atoms with Crippen LogP contribution in [0.1, 0.15) is 156 Å². The summed E-state index contributed by atoms with van der Waals surface area (Å²) >= 11 is 0. The zero-order valence-corrected chi connectivity index (χ0v) is 26.6. The van der Waals surface area contributed by atoms with Gasteiger partial charge in [0.1, 0.15) is 15.5 Å². The Bertz CT molecular complexity index is 1340. The minimum absolute atomic E-state index is 0.0209. The lowest BCUT2D eigenvalue weighted by Crippen LogP contribution is -2.15. The minimum Gasteiger partial charge on any atom is -0.379 e. The molecule has 2 aromatic carbocycles. The van der Waals surface area contributed by atoms with Gasteiger partial charge in [-0.2, -0.15) is 16.8 Å². The molecule has 0 radical (unpaired) electrons. The molecule has 42 heavy (non-hydrogen) atoms. The quantitative estimate of drug-likeness (QED) is 0.246. The molecule has 5 rings (SSSR count). The Labute approximate surface area is 253 Å². The molecule has 0 atom stereocenters. The highest BCUT2D eigenvalue weighted by Gasteiger charge is 2.33. The molecule has 0 saturated heterocycles. The molecule has 0 heterocycles. The van der Waals surface area contributed by atoms with Gasteiger partial charge >= 0.3 is 10.1 Å². The summed E-state index contributed by atoms with van der Waals surface area (Å²) in [5, 5.41) is 0. The zero-order valence-electron chi connectivity index (χ0n) is 24.9. The van der Waals surface area contributed by atoms with Crippen LogP contribution >= 0.6 is 0 Å². The van der Waals surface area contributed by atoms with Crippen LogP contribution in [0.25, 0.3) is 0 Å². The van der Waals surface area contributed by atoms with Crippen LogP contribution in [-0.4, -0.2) is 21.4 Å². The lowest BCUT2D eigenvalue weighted by Gasteiger charge is -2.22. The van der Waals surface area contributed by atoms with Crippen LogP contribution in [0.15, 0.2) is 46.2 Å². The van der Waals surface area contributed by atoms with E-state index < -0.39 is 20.2 Å². The van der Waals surface area contributed by atoms with Crippen molar-refractivity contribution in [2.75, 3.05) is 0 Å². The Kier molecular flexibility index (Phi) is 10.7. The Morgan fingerprint density at radius 1 is 0.548 bits per heavy atom. The lowest BCUT2D eigenvalue weighted by molar-refractivity contribution is 0.467. The molecule has 6 nitrogen and oxygen atoms in total. The van der Waals surface area contributed by atoms with Gasteiger partial charge in [0.25, 0.3) is 10.1 Å². The average molecular weight is 617 g/mol. The maximum absolute atomic E-state index is 13.5. The Hall–Kier alpha value is -1.90. The van der Waals surface area contributed by atoms with Crippen LogP contribution in [0.3, 0.4) is 0 Å². The van der Waals surface area contributed by atoms with Gasteiger partial charge in [-0.05, 0) is 97.2 Å². The molecule has 232 valence electrons. The maximum atomic E-state index is 13.5. The van der Waals surface area contributed by atoms with Gasteiger partial charge in [-0.3, -0.25) is 4.55 Å².